The highest BCUT2D eigenvalue weighted by Crippen LogP contribution is 2.17. The van der Waals surface area contributed by atoms with Crippen LogP contribution in [0.4, 0.5) is 5.69 Å². The Bertz CT molecular complexity index is 814. The average molecular weight is 396 g/mol. The number of aryl methyl sites for hydroxylation is 1. The number of morpholine rings is 1. The van der Waals surface area contributed by atoms with Gasteiger partial charge in [0.15, 0.2) is 0 Å². The smallest absolute Gasteiger partial charge is 0.255 e. The number of nitrogens with zero attached hydrogens (tertiary/aromatic N) is 1. The van der Waals surface area contributed by atoms with E-state index in [1.165, 1.54) is 5.56 Å². The van der Waals surface area contributed by atoms with Gasteiger partial charge in [0.05, 0.1) is 24.5 Å². The van der Waals surface area contributed by atoms with Crippen LogP contribution in [0.25, 0.3) is 0 Å². The van der Waals surface area contributed by atoms with Gasteiger partial charge in [-0.25, -0.2) is 0 Å². The van der Waals surface area contributed by atoms with Crippen LogP contribution in [0.1, 0.15) is 39.6 Å². The molecule has 154 valence electrons. The molecule has 0 atom stereocenters. The van der Waals surface area contributed by atoms with Gasteiger partial charge in [-0.1, -0.05) is 31.2 Å². The quantitative estimate of drug-likeness (QED) is 0.674. The summed E-state index contributed by atoms with van der Waals surface area (Å²) in [7, 11) is 0. The third-order valence-electron chi connectivity index (χ3n) is 5.08. The molecule has 0 unspecified atom stereocenters. The second kappa shape index (κ2) is 10.7. The first-order chi connectivity index (χ1) is 14.2. The molecule has 1 heterocycles. The molecule has 0 bridgehead atoms. The number of carbonyl (C=O) groups is 2. The maximum absolute atomic E-state index is 12.6. The van der Waals surface area contributed by atoms with Crippen LogP contribution in [0.3, 0.4) is 0 Å². The van der Waals surface area contributed by atoms with E-state index in [1.807, 2.05) is 30.3 Å². The van der Waals surface area contributed by atoms with Gasteiger partial charge in [-0.2, -0.15) is 0 Å². The maximum Gasteiger partial charge on any atom is 0.255 e. The molecule has 2 aromatic rings. The van der Waals surface area contributed by atoms with Crippen molar-refractivity contribution in [1.29, 1.82) is 0 Å². The molecule has 6 heteroatoms. The number of amides is 2. The molecule has 6 nitrogen and oxygen atoms in total. The molecule has 0 saturated carbocycles. The minimum absolute atomic E-state index is 0.177. The first-order valence-corrected chi connectivity index (χ1v) is 10.2. The van der Waals surface area contributed by atoms with Crippen molar-refractivity contribution >= 4 is 17.5 Å². The van der Waals surface area contributed by atoms with E-state index in [2.05, 4.69) is 22.5 Å². The lowest BCUT2D eigenvalue weighted by atomic mass is 10.1. The SMILES string of the molecule is CCc1ccc(C(=O)Nc2ccccc2C(=O)NCCCN2CCOCC2)cc1. The number of benzene rings is 2. The molecule has 1 aliphatic heterocycles. The van der Waals surface area contributed by atoms with Gasteiger partial charge in [0.2, 0.25) is 0 Å². The van der Waals surface area contributed by atoms with E-state index in [4.69, 9.17) is 4.74 Å². The molecule has 2 aromatic carbocycles. The largest absolute Gasteiger partial charge is 0.379 e. The average Bonchev–Trinajstić information content (AvgIpc) is 2.77. The summed E-state index contributed by atoms with van der Waals surface area (Å²) in [5.74, 6) is -0.399. The summed E-state index contributed by atoms with van der Waals surface area (Å²) in [6, 6.07) is 14.6. The van der Waals surface area contributed by atoms with Crippen LogP contribution in [0.15, 0.2) is 48.5 Å². The fourth-order valence-electron chi connectivity index (χ4n) is 3.30. The van der Waals surface area contributed by atoms with E-state index in [0.29, 0.717) is 23.4 Å². The number of hydrogen-bond acceptors (Lipinski definition) is 4. The molecule has 0 spiro atoms. The van der Waals surface area contributed by atoms with Gasteiger partial charge in [0.1, 0.15) is 0 Å². The molecule has 1 fully saturated rings. The van der Waals surface area contributed by atoms with E-state index < -0.39 is 0 Å². The van der Waals surface area contributed by atoms with Crippen molar-refractivity contribution in [2.24, 2.45) is 0 Å². The Morgan fingerprint density at radius 3 is 2.45 bits per heavy atom. The molecule has 3 rings (SSSR count). The minimum Gasteiger partial charge on any atom is -0.379 e. The molecule has 2 amide bonds. The van der Waals surface area contributed by atoms with Crippen molar-refractivity contribution in [2.45, 2.75) is 19.8 Å². The summed E-state index contributed by atoms with van der Waals surface area (Å²) < 4.78 is 5.34. The molecule has 0 aromatic heterocycles. The molecule has 29 heavy (non-hydrogen) atoms. The summed E-state index contributed by atoms with van der Waals surface area (Å²) in [5.41, 5.74) is 2.74. The van der Waals surface area contributed by atoms with Crippen molar-refractivity contribution in [1.82, 2.24) is 10.2 Å². The summed E-state index contributed by atoms with van der Waals surface area (Å²) in [4.78, 5) is 27.5. The fraction of sp³-hybridized carbons (Fsp3) is 0.391. The highest BCUT2D eigenvalue weighted by Gasteiger charge is 2.14. The Morgan fingerprint density at radius 1 is 1.00 bits per heavy atom. The number of anilines is 1. The van der Waals surface area contributed by atoms with Gasteiger partial charge in [-0.15, -0.1) is 0 Å². The Labute approximate surface area is 172 Å². The summed E-state index contributed by atoms with van der Waals surface area (Å²) in [6.45, 7) is 7.06. The number of rotatable bonds is 8. The first kappa shape index (κ1) is 21.0. The van der Waals surface area contributed by atoms with Gasteiger partial charge in [-0.3, -0.25) is 14.5 Å². The van der Waals surface area contributed by atoms with Crippen LogP contribution in [0.2, 0.25) is 0 Å². The van der Waals surface area contributed by atoms with E-state index in [0.717, 1.165) is 45.7 Å². The molecule has 1 saturated heterocycles. The van der Waals surface area contributed by atoms with Gasteiger partial charge < -0.3 is 15.4 Å². The van der Waals surface area contributed by atoms with Crippen molar-refractivity contribution < 1.29 is 14.3 Å². The predicted molar refractivity (Wildman–Crippen MR) is 114 cm³/mol. The van der Waals surface area contributed by atoms with E-state index in [9.17, 15) is 9.59 Å². The zero-order valence-electron chi connectivity index (χ0n) is 16.9. The Morgan fingerprint density at radius 2 is 1.72 bits per heavy atom. The van der Waals surface area contributed by atoms with Crippen LogP contribution in [-0.2, 0) is 11.2 Å². The van der Waals surface area contributed by atoms with Crippen molar-refractivity contribution in [3.63, 3.8) is 0 Å². The zero-order valence-corrected chi connectivity index (χ0v) is 16.9. The van der Waals surface area contributed by atoms with Crippen molar-refractivity contribution in [3.05, 3.63) is 65.2 Å². The van der Waals surface area contributed by atoms with E-state index in [-0.39, 0.29) is 11.8 Å². The molecular weight excluding hydrogens is 366 g/mol. The molecule has 2 N–H and O–H groups in total. The first-order valence-electron chi connectivity index (χ1n) is 10.2. The number of ether oxygens (including phenoxy) is 1. The second-order valence-electron chi connectivity index (χ2n) is 7.11. The molecule has 1 aliphatic rings. The third-order valence-corrected chi connectivity index (χ3v) is 5.08. The zero-order chi connectivity index (χ0) is 20.5. The second-order valence-corrected chi connectivity index (χ2v) is 7.11. The van der Waals surface area contributed by atoms with Crippen LogP contribution in [-0.4, -0.2) is 56.1 Å². The molecule has 0 radical (unpaired) electrons. The Hall–Kier alpha value is -2.70. The van der Waals surface area contributed by atoms with Crippen LogP contribution >= 0.6 is 0 Å². The van der Waals surface area contributed by atoms with E-state index >= 15 is 0 Å². The lowest BCUT2D eigenvalue weighted by Crippen LogP contribution is -2.38. The van der Waals surface area contributed by atoms with Gasteiger partial charge in [-0.05, 0) is 49.2 Å². The lowest BCUT2D eigenvalue weighted by molar-refractivity contribution is 0.0374. The fourth-order valence-corrected chi connectivity index (χ4v) is 3.30. The monoisotopic (exact) mass is 395 g/mol. The Balaban J connectivity index is 1.54. The Kier molecular flexibility index (Phi) is 7.78. The van der Waals surface area contributed by atoms with Gasteiger partial charge in [0, 0.05) is 25.2 Å². The molecular formula is C23H29N3O3. The summed E-state index contributed by atoms with van der Waals surface area (Å²) in [5, 5.41) is 5.82. The highest BCUT2D eigenvalue weighted by molar-refractivity contribution is 6.09. The van der Waals surface area contributed by atoms with Crippen LogP contribution in [0, 0.1) is 0 Å². The number of para-hydroxylation sites is 1. The summed E-state index contributed by atoms with van der Waals surface area (Å²) >= 11 is 0. The molecule has 0 aliphatic carbocycles. The van der Waals surface area contributed by atoms with Crippen LogP contribution in [0.5, 0.6) is 0 Å². The predicted octanol–water partition coefficient (Wildman–Crippen LogP) is 2.95. The van der Waals surface area contributed by atoms with E-state index in [1.54, 1.807) is 18.2 Å². The minimum atomic E-state index is -0.222. The number of nitrogens with one attached hydrogen (secondary N) is 2. The standard InChI is InChI=1S/C23H29N3O3/c1-2-18-8-10-19(11-9-18)22(27)25-21-7-4-3-6-20(21)23(28)24-12-5-13-26-14-16-29-17-15-26/h3-4,6-11H,2,5,12-17H2,1H3,(H,24,28)(H,25,27). The lowest BCUT2D eigenvalue weighted by Gasteiger charge is -2.26. The number of hydrogen-bond donors (Lipinski definition) is 2. The van der Waals surface area contributed by atoms with Gasteiger partial charge in [0.25, 0.3) is 11.8 Å². The maximum atomic E-state index is 12.6. The normalized spacial score (nSPS) is 14.4. The summed E-state index contributed by atoms with van der Waals surface area (Å²) in [6.07, 6.45) is 1.81. The highest BCUT2D eigenvalue weighted by atomic mass is 16.5. The number of carbonyl (C=O) groups excluding carboxylic acids is 2. The third kappa shape index (κ3) is 6.14. The van der Waals surface area contributed by atoms with Crippen molar-refractivity contribution in [3.8, 4) is 0 Å². The van der Waals surface area contributed by atoms with Crippen LogP contribution < -0.4 is 10.6 Å². The topological polar surface area (TPSA) is 70.7 Å². The van der Waals surface area contributed by atoms with Crippen molar-refractivity contribution in [2.75, 3.05) is 44.7 Å². The van der Waals surface area contributed by atoms with Gasteiger partial charge >= 0.3 is 0 Å².